The number of nitrogens with one attached hydrogen (secondary N) is 2. The molecule has 1 aromatic rings. The zero-order chi connectivity index (χ0) is 17.7. The van der Waals surface area contributed by atoms with Gasteiger partial charge in [0.25, 0.3) is 0 Å². The number of hydrogen-bond donors (Lipinski definition) is 4. The molecule has 0 saturated heterocycles. The Morgan fingerprint density at radius 1 is 1.22 bits per heavy atom. The average Bonchev–Trinajstić information content (AvgIpc) is 2.46. The van der Waals surface area contributed by atoms with Gasteiger partial charge in [-0.1, -0.05) is 32.0 Å². The van der Waals surface area contributed by atoms with E-state index < -0.39 is 33.6 Å². The maximum absolute atomic E-state index is 11.9. The summed E-state index contributed by atoms with van der Waals surface area (Å²) in [6.07, 6.45) is -2.33. The molecule has 0 aromatic heterocycles. The first kappa shape index (κ1) is 19.4. The molecule has 7 nitrogen and oxygen atoms in total. The Balaban J connectivity index is 2.51. The number of anilines is 1. The highest BCUT2D eigenvalue weighted by molar-refractivity contribution is 7.92. The van der Waals surface area contributed by atoms with E-state index in [2.05, 4.69) is 10.0 Å². The molecule has 2 atom stereocenters. The number of aliphatic hydroxyl groups is 2. The van der Waals surface area contributed by atoms with Crippen molar-refractivity contribution in [2.24, 2.45) is 5.41 Å². The smallest absolute Gasteiger partial charge is 0.249 e. The maximum atomic E-state index is 11.9. The molecule has 2 unspecified atom stereocenters. The number of carbonyl (C=O) groups excluding carboxylic acids is 1. The Kier molecular flexibility index (Phi) is 6.55. The minimum absolute atomic E-state index is 0.145. The Labute approximate surface area is 136 Å². The number of para-hydroxylation sites is 1. The lowest BCUT2D eigenvalue weighted by molar-refractivity contribution is -0.140. The van der Waals surface area contributed by atoms with Crippen LogP contribution >= 0.6 is 0 Å². The van der Waals surface area contributed by atoms with Gasteiger partial charge in [-0.05, 0) is 19.1 Å². The number of benzene rings is 1. The molecule has 8 heteroatoms. The Morgan fingerprint density at radius 3 is 2.30 bits per heavy atom. The summed E-state index contributed by atoms with van der Waals surface area (Å²) < 4.78 is 26.2. The Morgan fingerprint density at radius 2 is 1.78 bits per heavy atom. The third kappa shape index (κ3) is 5.81. The van der Waals surface area contributed by atoms with Gasteiger partial charge in [0.1, 0.15) is 6.10 Å². The highest BCUT2D eigenvalue weighted by atomic mass is 32.2. The fourth-order valence-electron chi connectivity index (χ4n) is 1.71. The zero-order valence-corrected chi connectivity index (χ0v) is 14.3. The molecular weight excluding hydrogens is 320 g/mol. The molecule has 4 N–H and O–H groups in total. The minimum atomic E-state index is -3.60. The summed E-state index contributed by atoms with van der Waals surface area (Å²) in [5, 5.41) is 21.9. The van der Waals surface area contributed by atoms with Crippen LogP contribution in [0.1, 0.15) is 20.8 Å². The minimum Gasteiger partial charge on any atom is -0.393 e. The van der Waals surface area contributed by atoms with Crippen molar-refractivity contribution in [1.29, 1.82) is 0 Å². The molecule has 1 amide bonds. The van der Waals surface area contributed by atoms with Gasteiger partial charge < -0.3 is 15.5 Å². The van der Waals surface area contributed by atoms with Crippen molar-refractivity contribution in [3.8, 4) is 0 Å². The lowest BCUT2D eigenvalue weighted by Crippen LogP contribution is -2.49. The summed E-state index contributed by atoms with van der Waals surface area (Å²) in [4.78, 5) is 11.9. The molecule has 0 saturated carbocycles. The summed E-state index contributed by atoms with van der Waals surface area (Å²) in [7, 11) is -3.60. The molecule has 0 spiro atoms. The number of carbonyl (C=O) groups is 1. The highest BCUT2D eigenvalue weighted by Gasteiger charge is 2.37. The second kappa shape index (κ2) is 7.76. The third-order valence-electron chi connectivity index (χ3n) is 3.75. The van der Waals surface area contributed by atoms with E-state index in [1.807, 2.05) is 0 Å². The number of amides is 1. The van der Waals surface area contributed by atoms with E-state index >= 15 is 0 Å². The van der Waals surface area contributed by atoms with Crippen LogP contribution in [0, 0.1) is 5.41 Å². The molecule has 1 aromatic carbocycles. The Bertz CT molecular complexity index is 614. The van der Waals surface area contributed by atoms with E-state index in [1.165, 1.54) is 6.92 Å². The van der Waals surface area contributed by atoms with Crippen molar-refractivity contribution in [2.45, 2.75) is 33.0 Å². The van der Waals surface area contributed by atoms with Crippen molar-refractivity contribution in [3.63, 3.8) is 0 Å². The molecule has 130 valence electrons. The molecule has 0 aliphatic rings. The Hall–Kier alpha value is -1.64. The lowest BCUT2D eigenvalue weighted by atomic mass is 9.81. The van der Waals surface area contributed by atoms with E-state index in [0.717, 1.165) is 0 Å². The van der Waals surface area contributed by atoms with E-state index in [9.17, 15) is 23.4 Å². The lowest BCUT2D eigenvalue weighted by Gasteiger charge is -2.32. The normalized spacial score (nSPS) is 14.8. The molecule has 1 rings (SSSR count). The highest BCUT2D eigenvalue weighted by Crippen LogP contribution is 2.25. The molecule has 0 radical (unpaired) electrons. The van der Waals surface area contributed by atoms with Crippen LogP contribution in [0.3, 0.4) is 0 Å². The van der Waals surface area contributed by atoms with Crippen molar-refractivity contribution >= 4 is 21.6 Å². The first-order valence-corrected chi connectivity index (χ1v) is 8.91. The molecule has 0 aliphatic heterocycles. The number of aliphatic hydroxyl groups excluding tert-OH is 2. The third-order valence-corrected chi connectivity index (χ3v) is 5.04. The predicted octanol–water partition coefficient (Wildman–Crippen LogP) is 0.312. The summed E-state index contributed by atoms with van der Waals surface area (Å²) in [6, 6.07) is 8.40. The molecule has 23 heavy (non-hydrogen) atoms. The van der Waals surface area contributed by atoms with E-state index in [-0.39, 0.29) is 12.3 Å². The number of hydrogen-bond acceptors (Lipinski definition) is 5. The summed E-state index contributed by atoms with van der Waals surface area (Å²) in [5.41, 5.74) is -0.597. The molecule has 0 bridgehead atoms. The van der Waals surface area contributed by atoms with Crippen LogP contribution in [0.25, 0.3) is 0 Å². The molecule has 0 aliphatic carbocycles. The van der Waals surface area contributed by atoms with Crippen LogP contribution in [-0.4, -0.2) is 49.0 Å². The van der Waals surface area contributed by atoms with Crippen molar-refractivity contribution < 1.29 is 23.4 Å². The summed E-state index contributed by atoms with van der Waals surface area (Å²) in [5.74, 6) is -1.04. The van der Waals surface area contributed by atoms with Gasteiger partial charge in [0.2, 0.25) is 15.9 Å². The van der Waals surface area contributed by atoms with Gasteiger partial charge in [-0.15, -0.1) is 0 Å². The number of sulfonamides is 1. The topological polar surface area (TPSA) is 116 Å². The van der Waals surface area contributed by atoms with Gasteiger partial charge in [0.05, 0.1) is 11.9 Å². The van der Waals surface area contributed by atoms with Crippen LogP contribution in [0.2, 0.25) is 0 Å². The van der Waals surface area contributed by atoms with Crippen LogP contribution in [0.4, 0.5) is 5.69 Å². The summed E-state index contributed by atoms with van der Waals surface area (Å²) in [6.45, 7) is 4.43. The quantitative estimate of drug-likeness (QED) is 0.542. The van der Waals surface area contributed by atoms with Gasteiger partial charge in [0.15, 0.2) is 0 Å². The van der Waals surface area contributed by atoms with Crippen LogP contribution in [0.5, 0.6) is 0 Å². The van der Waals surface area contributed by atoms with Crippen molar-refractivity contribution in [3.05, 3.63) is 30.3 Å². The fraction of sp³-hybridized carbons (Fsp3) is 0.533. The van der Waals surface area contributed by atoms with Crippen molar-refractivity contribution in [2.75, 3.05) is 17.0 Å². The maximum Gasteiger partial charge on any atom is 0.249 e. The van der Waals surface area contributed by atoms with Gasteiger partial charge >= 0.3 is 0 Å². The van der Waals surface area contributed by atoms with Gasteiger partial charge in [0, 0.05) is 17.6 Å². The fourth-order valence-corrected chi connectivity index (χ4v) is 2.68. The number of rotatable bonds is 8. The monoisotopic (exact) mass is 344 g/mol. The van der Waals surface area contributed by atoms with Gasteiger partial charge in [-0.2, -0.15) is 0 Å². The second-order valence-corrected chi connectivity index (χ2v) is 7.82. The van der Waals surface area contributed by atoms with Gasteiger partial charge in [-0.3, -0.25) is 9.52 Å². The van der Waals surface area contributed by atoms with E-state index in [0.29, 0.717) is 5.69 Å². The van der Waals surface area contributed by atoms with E-state index in [1.54, 1.807) is 44.2 Å². The second-order valence-electron chi connectivity index (χ2n) is 5.98. The SMILES string of the molecule is CC(O)C(C)(C)C(O)C(=O)NCCS(=O)(=O)Nc1ccccc1. The summed E-state index contributed by atoms with van der Waals surface area (Å²) >= 11 is 0. The molecule has 0 fully saturated rings. The predicted molar refractivity (Wildman–Crippen MR) is 88.3 cm³/mol. The largest absolute Gasteiger partial charge is 0.393 e. The molecular formula is C15H24N2O5S. The first-order chi connectivity index (χ1) is 10.6. The molecule has 0 heterocycles. The van der Waals surface area contributed by atoms with Gasteiger partial charge in [-0.25, -0.2) is 8.42 Å². The average molecular weight is 344 g/mol. The van der Waals surface area contributed by atoms with E-state index in [4.69, 9.17) is 0 Å². The van der Waals surface area contributed by atoms with Crippen molar-refractivity contribution in [1.82, 2.24) is 5.32 Å². The first-order valence-electron chi connectivity index (χ1n) is 7.25. The van der Waals surface area contributed by atoms with Crippen LogP contribution < -0.4 is 10.0 Å². The van der Waals surface area contributed by atoms with Crippen LogP contribution in [-0.2, 0) is 14.8 Å². The van der Waals surface area contributed by atoms with Crippen LogP contribution in [0.15, 0.2) is 30.3 Å². The zero-order valence-electron chi connectivity index (χ0n) is 13.5. The standard InChI is InChI=1S/C15H24N2O5S/c1-11(18)15(2,3)13(19)14(20)16-9-10-23(21,22)17-12-7-5-4-6-8-12/h4-8,11,13,17-19H,9-10H2,1-3H3,(H,16,20).